The minimum atomic E-state index is -0.353. The Labute approximate surface area is 115 Å². The lowest BCUT2D eigenvalue weighted by Crippen LogP contribution is -2.48. The van der Waals surface area contributed by atoms with Crippen LogP contribution in [0.1, 0.15) is 31.4 Å². The average molecular weight is 264 g/mol. The molecule has 1 aromatic carbocycles. The number of amides is 1. The van der Waals surface area contributed by atoms with Crippen molar-refractivity contribution in [1.82, 2.24) is 5.32 Å². The molecule has 0 unspecified atom stereocenters. The normalized spacial score (nSPS) is 11.2. The van der Waals surface area contributed by atoms with Crippen LogP contribution in [-0.4, -0.2) is 25.1 Å². The summed E-state index contributed by atoms with van der Waals surface area (Å²) in [4.78, 5) is 11.9. The predicted molar refractivity (Wildman–Crippen MR) is 77.3 cm³/mol. The van der Waals surface area contributed by atoms with Gasteiger partial charge in [0.05, 0.1) is 7.11 Å². The van der Waals surface area contributed by atoms with Crippen LogP contribution in [0.5, 0.6) is 5.75 Å². The molecule has 0 saturated carbocycles. The van der Waals surface area contributed by atoms with E-state index in [0.29, 0.717) is 19.4 Å². The fourth-order valence-corrected chi connectivity index (χ4v) is 1.94. The van der Waals surface area contributed by atoms with Crippen LogP contribution in [0.3, 0.4) is 0 Å². The molecule has 1 aromatic rings. The van der Waals surface area contributed by atoms with Crippen molar-refractivity contribution in [2.24, 2.45) is 5.73 Å². The molecule has 106 valence electrons. The molecule has 3 N–H and O–H groups in total. The summed E-state index contributed by atoms with van der Waals surface area (Å²) in [5, 5.41) is 2.92. The van der Waals surface area contributed by atoms with Gasteiger partial charge in [0.2, 0.25) is 5.91 Å². The third-order valence-corrected chi connectivity index (χ3v) is 3.11. The Bertz CT molecular complexity index is 442. The van der Waals surface area contributed by atoms with Gasteiger partial charge >= 0.3 is 0 Å². The second-order valence-corrected chi connectivity index (χ2v) is 5.40. The van der Waals surface area contributed by atoms with Crippen LogP contribution in [0.25, 0.3) is 0 Å². The summed E-state index contributed by atoms with van der Waals surface area (Å²) in [6.07, 6.45) is 1.10. The molecule has 0 aliphatic carbocycles. The van der Waals surface area contributed by atoms with E-state index in [0.717, 1.165) is 16.9 Å². The number of hydrogen-bond acceptors (Lipinski definition) is 3. The van der Waals surface area contributed by atoms with Crippen molar-refractivity contribution in [3.8, 4) is 5.75 Å². The summed E-state index contributed by atoms with van der Waals surface area (Å²) in [6, 6.07) is 5.97. The van der Waals surface area contributed by atoms with E-state index in [1.165, 1.54) is 0 Å². The monoisotopic (exact) mass is 264 g/mol. The molecule has 1 amide bonds. The zero-order valence-electron chi connectivity index (χ0n) is 12.2. The summed E-state index contributed by atoms with van der Waals surface area (Å²) in [5.41, 5.74) is 7.38. The third-order valence-electron chi connectivity index (χ3n) is 3.11. The van der Waals surface area contributed by atoms with Crippen molar-refractivity contribution in [3.63, 3.8) is 0 Å². The molecule has 0 radical (unpaired) electrons. The van der Waals surface area contributed by atoms with E-state index in [1.807, 2.05) is 39.0 Å². The Hall–Kier alpha value is -1.55. The molecular weight excluding hydrogens is 240 g/mol. The van der Waals surface area contributed by atoms with E-state index >= 15 is 0 Å². The molecule has 0 atom stereocenters. The number of nitrogens with two attached hydrogens (primary N) is 1. The molecule has 0 aliphatic heterocycles. The first-order chi connectivity index (χ1) is 8.89. The molecule has 0 spiro atoms. The lowest BCUT2D eigenvalue weighted by Gasteiger charge is -2.24. The summed E-state index contributed by atoms with van der Waals surface area (Å²) >= 11 is 0. The number of nitrogens with one attached hydrogen (secondary N) is 1. The Kier molecular flexibility index (Phi) is 5.36. The van der Waals surface area contributed by atoms with Gasteiger partial charge in [-0.05, 0) is 38.3 Å². The molecule has 0 bridgehead atoms. The summed E-state index contributed by atoms with van der Waals surface area (Å²) in [6.45, 7) is 6.25. The Morgan fingerprint density at radius 1 is 1.42 bits per heavy atom. The number of ether oxygens (including phenoxy) is 1. The Morgan fingerprint density at radius 3 is 2.68 bits per heavy atom. The quantitative estimate of drug-likeness (QED) is 0.823. The van der Waals surface area contributed by atoms with E-state index in [-0.39, 0.29) is 11.4 Å². The average Bonchev–Trinajstić information content (AvgIpc) is 2.36. The zero-order valence-corrected chi connectivity index (χ0v) is 12.2. The summed E-state index contributed by atoms with van der Waals surface area (Å²) in [7, 11) is 1.66. The van der Waals surface area contributed by atoms with Crippen LogP contribution in [-0.2, 0) is 11.2 Å². The van der Waals surface area contributed by atoms with Crippen LogP contribution in [0, 0.1) is 6.92 Å². The SMILES string of the molecule is COc1c(C)cccc1CCC(=O)NC(C)(C)CN. The van der Waals surface area contributed by atoms with E-state index in [2.05, 4.69) is 5.32 Å². The number of aryl methyl sites for hydroxylation is 2. The number of rotatable bonds is 6. The van der Waals surface area contributed by atoms with Gasteiger partial charge in [-0.25, -0.2) is 0 Å². The standard InChI is InChI=1S/C15H24N2O2/c1-11-6-5-7-12(14(11)19-4)8-9-13(18)17-15(2,3)10-16/h5-7H,8-10,16H2,1-4H3,(H,17,18). The molecule has 0 heterocycles. The van der Waals surface area contributed by atoms with Crippen LogP contribution >= 0.6 is 0 Å². The van der Waals surface area contributed by atoms with Gasteiger partial charge in [0.25, 0.3) is 0 Å². The van der Waals surface area contributed by atoms with E-state index in [4.69, 9.17) is 10.5 Å². The molecule has 4 heteroatoms. The van der Waals surface area contributed by atoms with Gasteiger partial charge in [-0.15, -0.1) is 0 Å². The van der Waals surface area contributed by atoms with Gasteiger partial charge in [0, 0.05) is 18.5 Å². The summed E-state index contributed by atoms with van der Waals surface area (Å²) in [5.74, 6) is 0.882. The van der Waals surface area contributed by atoms with Gasteiger partial charge < -0.3 is 15.8 Å². The minimum absolute atomic E-state index is 0.0130. The van der Waals surface area contributed by atoms with E-state index in [1.54, 1.807) is 7.11 Å². The smallest absolute Gasteiger partial charge is 0.220 e. The highest BCUT2D eigenvalue weighted by molar-refractivity contribution is 5.77. The Balaban J connectivity index is 2.63. The van der Waals surface area contributed by atoms with Crippen molar-refractivity contribution in [1.29, 1.82) is 0 Å². The minimum Gasteiger partial charge on any atom is -0.496 e. The lowest BCUT2D eigenvalue weighted by molar-refractivity contribution is -0.122. The molecule has 0 aromatic heterocycles. The number of carbonyl (C=O) groups is 1. The van der Waals surface area contributed by atoms with Gasteiger partial charge in [0.15, 0.2) is 0 Å². The first-order valence-corrected chi connectivity index (χ1v) is 6.53. The Morgan fingerprint density at radius 2 is 2.11 bits per heavy atom. The molecule has 4 nitrogen and oxygen atoms in total. The number of hydrogen-bond donors (Lipinski definition) is 2. The van der Waals surface area contributed by atoms with Gasteiger partial charge in [-0.3, -0.25) is 4.79 Å². The number of para-hydroxylation sites is 1. The first kappa shape index (κ1) is 15.5. The molecular formula is C15H24N2O2. The van der Waals surface area contributed by atoms with Crippen LogP contribution in [0.2, 0.25) is 0 Å². The maximum absolute atomic E-state index is 11.9. The molecule has 0 aliphatic rings. The molecule has 1 rings (SSSR count). The fourth-order valence-electron chi connectivity index (χ4n) is 1.94. The molecule has 0 saturated heterocycles. The molecule has 0 fully saturated rings. The number of methoxy groups -OCH3 is 1. The van der Waals surface area contributed by atoms with E-state index < -0.39 is 0 Å². The van der Waals surface area contributed by atoms with Gasteiger partial charge in [-0.2, -0.15) is 0 Å². The highest BCUT2D eigenvalue weighted by Gasteiger charge is 2.18. The zero-order chi connectivity index (χ0) is 14.5. The number of benzene rings is 1. The predicted octanol–water partition coefficient (Wildman–Crippen LogP) is 1.79. The first-order valence-electron chi connectivity index (χ1n) is 6.53. The maximum atomic E-state index is 11.9. The van der Waals surface area contributed by atoms with Crippen molar-refractivity contribution >= 4 is 5.91 Å². The largest absolute Gasteiger partial charge is 0.496 e. The van der Waals surface area contributed by atoms with Gasteiger partial charge in [-0.1, -0.05) is 18.2 Å². The fraction of sp³-hybridized carbons (Fsp3) is 0.533. The van der Waals surface area contributed by atoms with E-state index in [9.17, 15) is 4.79 Å². The lowest BCUT2D eigenvalue weighted by atomic mass is 10.0. The second kappa shape index (κ2) is 6.57. The highest BCUT2D eigenvalue weighted by atomic mass is 16.5. The van der Waals surface area contributed by atoms with Crippen LogP contribution < -0.4 is 15.8 Å². The highest BCUT2D eigenvalue weighted by Crippen LogP contribution is 2.24. The molecule has 19 heavy (non-hydrogen) atoms. The third kappa shape index (κ3) is 4.56. The summed E-state index contributed by atoms with van der Waals surface area (Å²) < 4.78 is 5.38. The van der Waals surface area contributed by atoms with Gasteiger partial charge in [0.1, 0.15) is 5.75 Å². The second-order valence-electron chi connectivity index (χ2n) is 5.40. The van der Waals surface area contributed by atoms with Crippen molar-refractivity contribution < 1.29 is 9.53 Å². The number of carbonyl (C=O) groups excluding carboxylic acids is 1. The van der Waals surface area contributed by atoms with Crippen LogP contribution in [0.15, 0.2) is 18.2 Å². The van der Waals surface area contributed by atoms with Crippen molar-refractivity contribution in [2.75, 3.05) is 13.7 Å². The van der Waals surface area contributed by atoms with Crippen molar-refractivity contribution in [2.45, 2.75) is 39.2 Å². The van der Waals surface area contributed by atoms with Crippen LogP contribution in [0.4, 0.5) is 0 Å². The maximum Gasteiger partial charge on any atom is 0.220 e. The topological polar surface area (TPSA) is 64.3 Å². The van der Waals surface area contributed by atoms with Crippen molar-refractivity contribution in [3.05, 3.63) is 29.3 Å².